The van der Waals surface area contributed by atoms with E-state index in [2.05, 4.69) is 11.1 Å². The average molecular weight is 216 g/mol. The van der Waals surface area contributed by atoms with Crippen LogP contribution in [0.2, 0.25) is 0 Å². The molecule has 16 heavy (non-hydrogen) atoms. The zero-order valence-electron chi connectivity index (χ0n) is 8.18. The molecule has 1 aromatic heterocycles. The Labute approximate surface area is 91.5 Å². The summed E-state index contributed by atoms with van der Waals surface area (Å²) < 4.78 is 17.4. The molecule has 1 radical (unpaired) electrons. The van der Waals surface area contributed by atoms with Gasteiger partial charge < -0.3 is 4.74 Å². The van der Waals surface area contributed by atoms with Crippen molar-refractivity contribution in [1.82, 2.24) is 4.98 Å². The van der Waals surface area contributed by atoms with Gasteiger partial charge in [-0.3, -0.25) is 0 Å². The van der Waals surface area contributed by atoms with Crippen LogP contribution in [-0.4, -0.2) is 11.0 Å². The first kappa shape index (κ1) is 10.3. The minimum Gasteiger partial charge on any atom is -0.404 e. The highest BCUT2D eigenvalue weighted by Crippen LogP contribution is 2.09. The van der Waals surface area contributed by atoms with E-state index in [1.165, 1.54) is 6.07 Å². The van der Waals surface area contributed by atoms with Gasteiger partial charge >= 0.3 is 5.97 Å². The van der Waals surface area contributed by atoms with E-state index in [1.807, 2.05) is 0 Å². The molecule has 1 heterocycles. The van der Waals surface area contributed by atoms with Crippen molar-refractivity contribution in [2.75, 3.05) is 0 Å². The number of carbonyl (C=O) groups is 1. The van der Waals surface area contributed by atoms with Crippen molar-refractivity contribution in [1.29, 1.82) is 0 Å². The van der Waals surface area contributed by atoms with Gasteiger partial charge in [0.1, 0.15) is 5.82 Å². The topological polar surface area (TPSA) is 39.2 Å². The van der Waals surface area contributed by atoms with Crippen LogP contribution in [0.4, 0.5) is 4.39 Å². The van der Waals surface area contributed by atoms with Crippen molar-refractivity contribution in [3.05, 3.63) is 60.0 Å². The van der Waals surface area contributed by atoms with Crippen molar-refractivity contribution in [2.24, 2.45) is 0 Å². The molecule has 2 rings (SSSR count). The number of ether oxygens (including phenoxy) is 1. The van der Waals surface area contributed by atoms with E-state index in [-0.39, 0.29) is 5.88 Å². The molecule has 0 aliphatic carbocycles. The van der Waals surface area contributed by atoms with Gasteiger partial charge in [0.05, 0.1) is 11.8 Å². The van der Waals surface area contributed by atoms with E-state index in [0.717, 1.165) is 6.20 Å². The van der Waals surface area contributed by atoms with Crippen LogP contribution in [0.15, 0.2) is 42.6 Å². The van der Waals surface area contributed by atoms with Crippen molar-refractivity contribution >= 4 is 5.97 Å². The minimum atomic E-state index is -0.598. The lowest BCUT2D eigenvalue weighted by Gasteiger charge is -2.02. The van der Waals surface area contributed by atoms with E-state index in [9.17, 15) is 9.18 Å². The Morgan fingerprint density at radius 3 is 2.69 bits per heavy atom. The minimum absolute atomic E-state index is 0.0234. The lowest BCUT2D eigenvalue weighted by Crippen LogP contribution is -2.09. The van der Waals surface area contributed by atoms with E-state index in [0.29, 0.717) is 5.56 Å². The fraction of sp³-hybridized carbons (Fsp3) is 0. The van der Waals surface area contributed by atoms with Crippen LogP contribution >= 0.6 is 0 Å². The molecule has 0 saturated carbocycles. The number of halogens is 1. The van der Waals surface area contributed by atoms with Gasteiger partial charge in [-0.05, 0) is 12.1 Å². The molecule has 0 N–H and O–H groups in total. The molecule has 0 atom stereocenters. The monoisotopic (exact) mass is 216 g/mol. The van der Waals surface area contributed by atoms with Gasteiger partial charge in [-0.2, -0.15) is 0 Å². The Balaban J connectivity index is 2.11. The molecule has 1 aromatic carbocycles. The first-order chi connectivity index (χ1) is 7.75. The predicted molar refractivity (Wildman–Crippen MR) is 54.4 cm³/mol. The number of pyridine rings is 1. The molecule has 79 valence electrons. The standard InChI is InChI=1S/C12H7FNO2/c13-10-6-7-11(14-8-10)16-12(15)9-4-2-1-3-5-9/h1-5,7-8H. The van der Waals surface area contributed by atoms with E-state index < -0.39 is 11.8 Å². The summed E-state index contributed by atoms with van der Waals surface area (Å²) in [6, 6.07) is 11.9. The molecule has 2 aromatic rings. The molecule has 0 aliphatic rings. The van der Waals surface area contributed by atoms with Crippen LogP contribution in [0.3, 0.4) is 0 Å². The third-order valence-electron chi connectivity index (χ3n) is 1.85. The maximum atomic E-state index is 12.5. The lowest BCUT2D eigenvalue weighted by atomic mass is 10.2. The van der Waals surface area contributed by atoms with Gasteiger partial charge in [0, 0.05) is 12.1 Å². The van der Waals surface area contributed by atoms with Crippen LogP contribution < -0.4 is 4.74 Å². The van der Waals surface area contributed by atoms with Crippen molar-refractivity contribution < 1.29 is 13.9 Å². The molecule has 0 spiro atoms. The Kier molecular flexibility index (Phi) is 2.91. The summed E-state index contributed by atoms with van der Waals surface area (Å²) >= 11 is 0. The summed E-state index contributed by atoms with van der Waals surface area (Å²) in [4.78, 5) is 15.1. The van der Waals surface area contributed by atoms with Gasteiger partial charge in [0.2, 0.25) is 5.88 Å². The summed E-state index contributed by atoms with van der Waals surface area (Å²) in [6.45, 7) is 0. The third-order valence-corrected chi connectivity index (χ3v) is 1.85. The second-order valence-electron chi connectivity index (χ2n) is 2.99. The number of carbonyl (C=O) groups excluding carboxylic acids is 1. The van der Waals surface area contributed by atoms with Crippen molar-refractivity contribution in [3.63, 3.8) is 0 Å². The van der Waals surface area contributed by atoms with Crippen molar-refractivity contribution in [3.8, 4) is 5.88 Å². The molecule has 4 heteroatoms. The third kappa shape index (κ3) is 2.42. The molecule has 0 saturated heterocycles. The van der Waals surface area contributed by atoms with Crippen LogP contribution in [0.5, 0.6) is 5.88 Å². The largest absolute Gasteiger partial charge is 0.404 e. The summed E-state index contributed by atoms with van der Waals surface area (Å²) in [6.07, 6.45) is 0.938. The predicted octanol–water partition coefficient (Wildman–Crippen LogP) is 2.24. The molecule has 0 amide bonds. The molecular formula is C12H7FNO2. The summed E-state index contributed by atoms with van der Waals surface area (Å²) in [5, 5.41) is 0. The Hall–Kier alpha value is -2.23. The van der Waals surface area contributed by atoms with Crippen LogP contribution in [-0.2, 0) is 0 Å². The normalized spacial score (nSPS) is 9.81. The van der Waals surface area contributed by atoms with Gasteiger partial charge in [-0.15, -0.1) is 0 Å². The SMILES string of the molecule is O=C(Oc1c[c]c(F)cn1)c1ccccc1. The highest BCUT2D eigenvalue weighted by atomic mass is 19.1. The fourth-order valence-electron chi connectivity index (χ4n) is 1.11. The number of hydrogen-bond acceptors (Lipinski definition) is 3. The van der Waals surface area contributed by atoms with Gasteiger partial charge in [0.15, 0.2) is 0 Å². The Morgan fingerprint density at radius 2 is 2.06 bits per heavy atom. The highest BCUT2D eigenvalue weighted by molar-refractivity contribution is 5.90. The molecule has 0 bridgehead atoms. The average Bonchev–Trinajstić information content (AvgIpc) is 2.33. The van der Waals surface area contributed by atoms with Gasteiger partial charge in [-0.25, -0.2) is 14.2 Å². The maximum Gasteiger partial charge on any atom is 0.344 e. The maximum absolute atomic E-state index is 12.5. The zero-order chi connectivity index (χ0) is 11.4. The molecular weight excluding hydrogens is 209 g/mol. The van der Waals surface area contributed by atoms with E-state index >= 15 is 0 Å². The summed E-state index contributed by atoms with van der Waals surface area (Å²) in [5.74, 6) is -1.11. The second kappa shape index (κ2) is 4.53. The smallest absolute Gasteiger partial charge is 0.344 e. The lowest BCUT2D eigenvalue weighted by molar-refractivity contribution is 0.0727. The quantitative estimate of drug-likeness (QED) is 0.722. The second-order valence-corrected chi connectivity index (χ2v) is 2.99. The van der Waals surface area contributed by atoms with Crippen LogP contribution in [0.1, 0.15) is 10.4 Å². The summed E-state index contributed by atoms with van der Waals surface area (Å²) in [5.41, 5.74) is 0.411. The highest BCUT2D eigenvalue weighted by Gasteiger charge is 2.08. The number of benzene rings is 1. The first-order valence-electron chi connectivity index (χ1n) is 4.56. The fourth-order valence-corrected chi connectivity index (χ4v) is 1.11. The number of aromatic nitrogens is 1. The molecule has 3 nitrogen and oxygen atoms in total. The number of nitrogens with zero attached hydrogens (tertiary/aromatic N) is 1. The Morgan fingerprint density at radius 1 is 1.31 bits per heavy atom. The van der Waals surface area contributed by atoms with Gasteiger partial charge in [0.25, 0.3) is 0 Å². The van der Waals surface area contributed by atoms with Crippen LogP contribution in [0, 0.1) is 11.9 Å². The molecule has 0 aliphatic heterocycles. The molecule has 0 fully saturated rings. The number of rotatable bonds is 2. The zero-order valence-corrected chi connectivity index (χ0v) is 8.18. The van der Waals surface area contributed by atoms with Crippen LogP contribution in [0.25, 0.3) is 0 Å². The molecule has 0 unspecified atom stereocenters. The van der Waals surface area contributed by atoms with E-state index in [4.69, 9.17) is 4.74 Å². The number of esters is 1. The van der Waals surface area contributed by atoms with Gasteiger partial charge in [-0.1, -0.05) is 18.2 Å². The Bertz CT molecular complexity index is 482. The summed E-state index contributed by atoms with van der Waals surface area (Å²) in [7, 11) is 0. The number of hydrogen-bond donors (Lipinski definition) is 0. The van der Waals surface area contributed by atoms with Crippen molar-refractivity contribution in [2.45, 2.75) is 0 Å². The van der Waals surface area contributed by atoms with E-state index in [1.54, 1.807) is 30.3 Å². The first-order valence-corrected chi connectivity index (χ1v) is 4.56.